The van der Waals surface area contributed by atoms with Crippen molar-refractivity contribution in [2.24, 2.45) is 7.05 Å². The molecule has 4 aromatic rings. The number of carbonyl (C=O) groups excluding carboxylic acids is 1. The molecule has 0 saturated carbocycles. The first-order chi connectivity index (χ1) is 15.5. The summed E-state index contributed by atoms with van der Waals surface area (Å²) in [6.07, 6.45) is -2.89. The molecule has 0 saturated heterocycles. The van der Waals surface area contributed by atoms with Gasteiger partial charge in [-0.05, 0) is 55.0 Å². The van der Waals surface area contributed by atoms with Crippen LogP contribution in [0.5, 0.6) is 0 Å². The minimum atomic E-state index is -4.57. The fourth-order valence-electron chi connectivity index (χ4n) is 3.43. The van der Waals surface area contributed by atoms with Gasteiger partial charge >= 0.3 is 6.18 Å². The largest absolute Gasteiger partial charge is 0.416 e. The van der Waals surface area contributed by atoms with E-state index in [1.54, 1.807) is 36.1 Å². The molecule has 1 amide bonds. The summed E-state index contributed by atoms with van der Waals surface area (Å²) >= 11 is 0. The Balaban J connectivity index is 1.62. The number of nitrogens with two attached hydrogens (primary N) is 1. The molecule has 1 atom stereocenters. The highest BCUT2D eigenvalue weighted by molar-refractivity contribution is 5.92. The highest BCUT2D eigenvalue weighted by Crippen LogP contribution is 2.32. The van der Waals surface area contributed by atoms with E-state index in [0.717, 1.165) is 27.7 Å². The summed E-state index contributed by atoms with van der Waals surface area (Å²) in [4.78, 5) is 25.2. The zero-order valence-corrected chi connectivity index (χ0v) is 17.6. The van der Waals surface area contributed by atoms with E-state index in [4.69, 9.17) is 5.73 Å². The van der Waals surface area contributed by atoms with Gasteiger partial charge in [0.05, 0.1) is 29.0 Å². The van der Waals surface area contributed by atoms with Crippen LogP contribution < -0.4 is 16.6 Å². The molecule has 3 N–H and O–H groups in total. The maximum atomic E-state index is 13.1. The van der Waals surface area contributed by atoms with Gasteiger partial charge in [0.2, 0.25) is 0 Å². The molecule has 170 valence electrons. The second-order valence-corrected chi connectivity index (χ2v) is 7.56. The van der Waals surface area contributed by atoms with Gasteiger partial charge in [-0.25, -0.2) is 0 Å². The highest BCUT2D eigenvalue weighted by Gasteiger charge is 2.31. The third kappa shape index (κ3) is 4.43. The summed E-state index contributed by atoms with van der Waals surface area (Å²) in [6.45, 7) is 1.53. The number of anilines is 1. The fourth-order valence-corrected chi connectivity index (χ4v) is 3.43. The van der Waals surface area contributed by atoms with Crippen molar-refractivity contribution in [2.45, 2.75) is 19.1 Å². The van der Waals surface area contributed by atoms with Crippen LogP contribution in [0.1, 0.15) is 34.6 Å². The van der Waals surface area contributed by atoms with Crippen molar-refractivity contribution in [1.29, 1.82) is 0 Å². The van der Waals surface area contributed by atoms with Crippen molar-refractivity contribution in [1.82, 2.24) is 24.9 Å². The number of hydrogen-bond acceptors (Lipinski definition) is 5. The van der Waals surface area contributed by atoms with E-state index in [2.05, 4.69) is 15.5 Å². The van der Waals surface area contributed by atoms with Gasteiger partial charge in [0, 0.05) is 24.2 Å². The van der Waals surface area contributed by atoms with Crippen molar-refractivity contribution in [2.75, 3.05) is 5.73 Å². The Labute approximate surface area is 185 Å². The molecule has 0 unspecified atom stereocenters. The number of benzene rings is 2. The first-order valence-corrected chi connectivity index (χ1v) is 9.84. The number of nitrogen functional groups attached to an aromatic ring is 1. The Hall–Kier alpha value is -4.15. The molecule has 33 heavy (non-hydrogen) atoms. The van der Waals surface area contributed by atoms with Crippen molar-refractivity contribution < 1.29 is 18.0 Å². The predicted octanol–water partition coefficient (Wildman–Crippen LogP) is 3.21. The smallest absolute Gasteiger partial charge is 0.399 e. The normalized spacial score (nSPS) is 12.6. The van der Waals surface area contributed by atoms with Crippen molar-refractivity contribution in [3.8, 4) is 5.69 Å². The third-order valence-corrected chi connectivity index (χ3v) is 5.16. The Morgan fingerprint density at radius 1 is 1.12 bits per heavy atom. The summed E-state index contributed by atoms with van der Waals surface area (Å²) in [5, 5.41) is 11.8. The zero-order valence-electron chi connectivity index (χ0n) is 17.6. The lowest BCUT2D eigenvalue weighted by molar-refractivity contribution is -0.137. The van der Waals surface area contributed by atoms with Gasteiger partial charge in [-0.2, -0.15) is 28.1 Å². The molecule has 2 aromatic carbocycles. The number of alkyl halides is 3. The molecular formula is C22H19F3N6O2. The van der Waals surface area contributed by atoms with Crippen LogP contribution in [0.3, 0.4) is 0 Å². The number of aromatic nitrogens is 4. The first-order valence-electron chi connectivity index (χ1n) is 9.84. The summed E-state index contributed by atoms with van der Waals surface area (Å²) in [6, 6.07) is 9.94. The number of amides is 1. The van der Waals surface area contributed by atoms with Gasteiger partial charge in [0.25, 0.3) is 11.5 Å². The lowest BCUT2D eigenvalue weighted by Gasteiger charge is -2.17. The Bertz CT molecular complexity index is 1420. The maximum Gasteiger partial charge on any atom is 0.416 e. The first kappa shape index (κ1) is 22.1. The SMILES string of the molecule is C[C@@H](NC(=O)c1ccc(=O)n(-c2ccc3cnn(C)c3c2)n1)c1cc(N)cc(C(F)(F)F)c1. The van der Waals surface area contributed by atoms with Gasteiger partial charge in [-0.3, -0.25) is 14.3 Å². The van der Waals surface area contributed by atoms with Crippen molar-refractivity contribution >= 4 is 22.5 Å². The minimum absolute atomic E-state index is 0.0712. The standard InChI is InChI=1S/C22H19F3N6O2/c1-12(14-7-15(22(23,24)25)9-16(26)8-14)28-21(33)18-5-6-20(32)31(29-18)17-4-3-13-11-27-30(2)19(13)10-17/h3-12H,26H2,1-2H3,(H,28,33)/t12-/m1/s1. The molecule has 4 rings (SSSR count). The summed E-state index contributed by atoms with van der Waals surface area (Å²) in [7, 11) is 1.76. The van der Waals surface area contributed by atoms with E-state index in [-0.39, 0.29) is 16.9 Å². The van der Waals surface area contributed by atoms with Crippen LogP contribution in [0, 0.1) is 0 Å². The quantitative estimate of drug-likeness (QED) is 0.459. The monoisotopic (exact) mass is 456 g/mol. The molecule has 0 aliphatic rings. The van der Waals surface area contributed by atoms with E-state index in [1.807, 2.05) is 0 Å². The zero-order chi connectivity index (χ0) is 23.9. The molecular weight excluding hydrogens is 437 g/mol. The second-order valence-electron chi connectivity index (χ2n) is 7.56. The second kappa shape index (κ2) is 8.08. The van der Waals surface area contributed by atoms with Crippen LogP contribution >= 0.6 is 0 Å². The molecule has 0 aliphatic carbocycles. The van der Waals surface area contributed by atoms with Gasteiger partial charge in [-0.1, -0.05) is 0 Å². The molecule has 0 aliphatic heterocycles. The number of fused-ring (bicyclic) bond motifs is 1. The van der Waals surface area contributed by atoms with Gasteiger partial charge in [-0.15, -0.1) is 0 Å². The molecule has 0 bridgehead atoms. The number of aryl methyl sites for hydroxylation is 1. The Morgan fingerprint density at radius 2 is 1.88 bits per heavy atom. The number of halogens is 3. The topological polar surface area (TPSA) is 108 Å². The van der Waals surface area contributed by atoms with Crippen molar-refractivity contribution in [3.63, 3.8) is 0 Å². The lowest BCUT2D eigenvalue weighted by Crippen LogP contribution is -2.30. The van der Waals surface area contributed by atoms with Gasteiger partial charge < -0.3 is 11.1 Å². The van der Waals surface area contributed by atoms with Crippen LogP contribution in [0.25, 0.3) is 16.6 Å². The van der Waals surface area contributed by atoms with Crippen LogP contribution in [-0.2, 0) is 13.2 Å². The van der Waals surface area contributed by atoms with Crippen LogP contribution in [-0.4, -0.2) is 25.5 Å². The van der Waals surface area contributed by atoms with E-state index in [9.17, 15) is 22.8 Å². The van der Waals surface area contributed by atoms with Gasteiger partial charge in [0.15, 0.2) is 0 Å². The molecule has 0 radical (unpaired) electrons. The summed E-state index contributed by atoms with van der Waals surface area (Å²) in [5.41, 5.74) is 5.49. The lowest BCUT2D eigenvalue weighted by atomic mass is 10.0. The van der Waals surface area contributed by atoms with Crippen molar-refractivity contribution in [3.05, 3.63) is 81.9 Å². The molecule has 2 aromatic heterocycles. The number of nitrogens with one attached hydrogen (secondary N) is 1. The van der Waals surface area contributed by atoms with Crippen LogP contribution in [0.2, 0.25) is 0 Å². The summed E-state index contributed by atoms with van der Waals surface area (Å²) < 4.78 is 42.0. The molecule has 2 heterocycles. The van der Waals surface area contributed by atoms with Crippen LogP contribution in [0.15, 0.2) is 59.5 Å². The Morgan fingerprint density at radius 3 is 2.61 bits per heavy atom. The average molecular weight is 456 g/mol. The molecule has 0 fully saturated rings. The minimum Gasteiger partial charge on any atom is -0.399 e. The van der Waals surface area contributed by atoms with E-state index >= 15 is 0 Å². The number of hydrogen-bond donors (Lipinski definition) is 2. The number of carbonyl (C=O) groups is 1. The maximum absolute atomic E-state index is 13.1. The van der Waals surface area contributed by atoms with Crippen LogP contribution in [0.4, 0.5) is 18.9 Å². The fraction of sp³-hybridized carbons (Fsp3) is 0.182. The van der Waals surface area contributed by atoms with E-state index < -0.39 is 29.2 Å². The molecule has 11 heteroatoms. The highest BCUT2D eigenvalue weighted by atomic mass is 19.4. The number of rotatable bonds is 4. The molecule has 8 nitrogen and oxygen atoms in total. The van der Waals surface area contributed by atoms with E-state index in [1.165, 1.54) is 25.1 Å². The predicted molar refractivity (Wildman–Crippen MR) is 116 cm³/mol. The number of nitrogens with zero attached hydrogens (tertiary/aromatic N) is 4. The Kier molecular flexibility index (Phi) is 5.40. The molecule has 0 spiro atoms. The van der Waals surface area contributed by atoms with E-state index in [0.29, 0.717) is 5.69 Å². The van der Waals surface area contributed by atoms with Gasteiger partial charge in [0.1, 0.15) is 5.69 Å². The third-order valence-electron chi connectivity index (χ3n) is 5.16. The summed E-state index contributed by atoms with van der Waals surface area (Å²) in [5.74, 6) is -0.658. The average Bonchev–Trinajstić information content (AvgIpc) is 3.13.